The fourth-order valence-corrected chi connectivity index (χ4v) is 2.88. The molecule has 1 aliphatic carbocycles. The number of rotatable bonds is 2. The molecule has 0 aromatic rings. The van der Waals surface area contributed by atoms with Crippen LogP contribution in [0.5, 0.6) is 0 Å². The van der Waals surface area contributed by atoms with Gasteiger partial charge in [-0.3, -0.25) is 11.3 Å². The summed E-state index contributed by atoms with van der Waals surface area (Å²) in [7, 11) is 0. The normalized spacial score (nSPS) is 31.5. The summed E-state index contributed by atoms with van der Waals surface area (Å²) in [4.78, 5) is 0. The van der Waals surface area contributed by atoms with Crippen LogP contribution in [0.4, 0.5) is 0 Å². The number of hydrogen-bond acceptors (Lipinski definition) is 2. The van der Waals surface area contributed by atoms with E-state index in [4.69, 9.17) is 5.84 Å². The van der Waals surface area contributed by atoms with Crippen molar-refractivity contribution in [1.29, 1.82) is 0 Å². The molecule has 0 aliphatic heterocycles. The van der Waals surface area contributed by atoms with E-state index in [1.54, 1.807) is 0 Å². The Morgan fingerprint density at radius 2 is 1.93 bits per heavy atom. The van der Waals surface area contributed by atoms with E-state index in [0.29, 0.717) is 6.04 Å². The average molecular weight is 198 g/mol. The van der Waals surface area contributed by atoms with Gasteiger partial charge in [-0.2, -0.15) is 0 Å². The molecule has 2 heteroatoms. The number of nitrogens with one attached hydrogen (secondary N) is 1. The van der Waals surface area contributed by atoms with Gasteiger partial charge in [0.1, 0.15) is 0 Å². The van der Waals surface area contributed by atoms with Crippen LogP contribution < -0.4 is 11.3 Å². The summed E-state index contributed by atoms with van der Waals surface area (Å²) in [5, 5.41) is 0. The Kier molecular flexibility index (Phi) is 3.96. The molecule has 0 bridgehead atoms. The van der Waals surface area contributed by atoms with Gasteiger partial charge in [-0.15, -0.1) is 0 Å². The molecule has 1 fully saturated rings. The molecule has 0 amide bonds. The molecule has 14 heavy (non-hydrogen) atoms. The molecule has 0 spiro atoms. The predicted molar refractivity (Wildman–Crippen MR) is 61.7 cm³/mol. The van der Waals surface area contributed by atoms with Gasteiger partial charge >= 0.3 is 0 Å². The van der Waals surface area contributed by atoms with Crippen LogP contribution in [0.3, 0.4) is 0 Å². The molecule has 84 valence electrons. The van der Waals surface area contributed by atoms with Gasteiger partial charge in [-0.1, -0.05) is 40.5 Å². The van der Waals surface area contributed by atoms with E-state index in [1.807, 2.05) is 0 Å². The second-order valence-corrected chi connectivity index (χ2v) is 6.04. The number of nitrogens with two attached hydrogens (primary N) is 1. The molecule has 3 atom stereocenters. The largest absolute Gasteiger partial charge is 0.271 e. The van der Waals surface area contributed by atoms with Crippen LogP contribution in [0.15, 0.2) is 0 Å². The summed E-state index contributed by atoms with van der Waals surface area (Å²) < 4.78 is 0. The van der Waals surface area contributed by atoms with Gasteiger partial charge in [0.25, 0.3) is 0 Å². The second kappa shape index (κ2) is 4.63. The summed E-state index contributed by atoms with van der Waals surface area (Å²) in [5.41, 5.74) is 3.31. The molecule has 0 heterocycles. The quantitative estimate of drug-likeness (QED) is 0.529. The van der Waals surface area contributed by atoms with Crippen LogP contribution >= 0.6 is 0 Å². The summed E-state index contributed by atoms with van der Waals surface area (Å²) in [6, 6.07) is 0.463. The van der Waals surface area contributed by atoms with Crippen molar-refractivity contribution in [3.05, 3.63) is 0 Å². The van der Waals surface area contributed by atoms with E-state index >= 15 is 0 Å². The standard InChI is InChI=1S/C12H26N2/c1-9-6-5-7-10(8-9)11(14-13)12(2,3)4/h9-11,14H,5-8,13H2,1-4H3. The minimum atomic E-state index is 0.274. The van der Waals surface area contributed by atoms with Crippen molar-refractivity contribution in [3.63, 3.8) is 0 Å². The summed E-state index contributed by atoms with van der Waals surface area (Å²) >= 11 is 0. The average Bonchev–Trinajstić information content (AvgIpc) is 2.02. The van der Waals surface area contributed by atoms with E-state index in [1.165, 1.54) is 25.7 Å². The SMILES string of the molecule is CC1CCCC(C(NN)C(C)(C)C)C1. The Morgan fingerprint density at radius 1 is 1.29 bits per heavy atom. The molecule has 0 radical (unpaired) electrons. The highest BCUT2D eigenvalue weighted by atomic mass is 15.2. The van der Waals surface area contributed by atoms with Crippen molar-refractivity contribution in [2.75, 3.05) is 0 Å². The molecular formula is C12H26N2. The predicted octanol–water partition coefficient (Wildman–Crippen LogP) is 2.69. The van der Waals surface area contributed by atoms with Gasteiger partial charge in [0.15, 0.2) is 0 Å². The third kappa shape index (κ3) is 2.96. The molecule has 0 saturated heterocycles. The van der Waals surface area contributed by atoms with Gasteiger partial charge in [0.2, 0.25) is 0 Å². The van der Waals surface area contributed by atoms with Gasteiger partial charge in [0.05, 0.1) is 0 Å². The third-order valence-corrected chi connectivity index (χ3v) is 3.56. The topological polar surface area (TPSA) is 38.0 Å². The zero-order valence-corrected chi connectivity index (χ0v) is 10.1. The molecule has 3 N–H and O–H groups in total. The zero-order chi connectivity index (χ0) is 10.8. The van der Waals surface area contributed by atoms with Crippen molar-refractivity contribution in [1.82, 2.24) is 5.43 Å². The fourth-order valence-electron chi connectivity index (χ4n) is 2.88. The molecule has 1 rings (SSSR count). The van der Waals surface area contributed by atoms with E-state index in [-0.39, 0.29) is 5.41 Å². The van der Waals surface area contributed by atoms with Gasteiger partial charge in [-0.05, 0) is 30.1 Å². The highest BCUT2D eigenvalue weighted by molar-refractivity contribution is 4.87. The van der Waals surface area contributed by atoms with E-state index in [0.717, 1.165) is 11.8 Å². The molecule has 2 nitrogen and oxygen atoms in total. The van der Waals surface area contributed by atoms with Crippen LogP contribution in [-0.4, -0.2) is 6.04 Å². The Morgan fingerprint density at radius 3 is 2.36 bits per heavy atom. The van der Waals surface area contributed by atoms with E-state index in [9.17, 15) is 0 Å². The fraction of sp³-hybridized carbons (Fsp3) is 1.00. The molecule has 1 saturated carbocycles. The maximum absolute atomic E-state index is 5.69. The molecule has 1 aliphatic rings. The Bertz CT molecular complexity index is 172. The maximum Gasteiger partial charge on any atom is 0.0287 e. The first kappa shape index (κ1) is 12.0. The molecule has 0 aromatic heterocycles. The maximum atomic E-state index is 5.69. The van der Waals surface area contributed by atoms with E-state index in [2.05, 4.69) is 33.1 Å². The minimum Gasteiger partial charge on any atom is -0.271 e. The van der Waals surface area contributed by atoms with E-state index < -0.39 is 0 Å². The highest BCUT2D eigenvalue weighted by Crippen LogP contribution is 2.36. The van der Waals surface area contributed by atoms with Crippen LogP contribution in [0, 0.1) is 17.3 Å². The van der Waals surface area contributed by atoms with Gasteiger partial charge in [-0.25, -0.2) is 0 Å². The lowest BCUT2D eigenvalue weighted by Crippen LogP contribution is -2.50. The molecular weight excluding hydrogens is 172 g/mol. The smallest absolute Gasteiger partial charge is 0.0287 e. The number of hydrazine groups is 1. The van der Waals surface area contributed by atoms with Crippen molar-refractivity contribution in [2.45, 2.75) is 59.4 Å². The van der Waals surface area contributed by atoms with Crippen molar-refractivity contribution in [3.8, 4) is 0 Å². The Hall–Kier alpha value is -0.0800. The van der Waals surface area contributed by atoms with Gasteiger partial charge < -0.3 is 0 Å². The van der Waals surface area contributed by atoms with Crippen LogP contribution in [0.2, 0.25) is 0 Å². The number of hydrogen-bond donors (Lipinski definition) is 2. The highest BCUT2D eigenvalue weighted by Gasteiger charge is 2.33. The monoisotopic (exact) mass is 198 g/mol. The van der Waals surface area contributed by atoms with Crippen LogP contribution in [0.25, 0.3) is 0 Å². The third-order valence-electron chi connectivity index (χ3n) is 3.56. The zero-order valence-electron chi connectivity index (χ0n) is 10.1. The van der Waals surface area contributed by atoms with Gasteiger partial charge in [0, 0.05) is 6.04 Å². The summed E-state index contributed by atoms with van der Waals surface area (Å²) in [5.74, 6) is 7.33. The minimum absolute atomic E-state index is 0.274. The first-order valence-corrected chi connectivity index (χ1v) is 5.91. The lowest BCUT2D eigenvalue weighted by atomic mass is 9.71. The van der Waals surface area contributed by atoms with Crippen molar-refractivity contribution >= 4 is 0 Å². The first-order chi connectivity index (χ1) is 6.45. The van der Waals surface area contributed by atoms with Crippen molar-refractivity contribution < 1.29 is 0 Å². The molecule has 0 aromatic carbocycles. The Balaban J connectivity index is 2.60. The summed E-state index contributed by atoms with van der Waals surface area (Å²) in [6.07, 6.45) is 5.46. The van der Waals surface area contributed by atoms with Crippen LogP contribution in [-0.2, 0) is 0 Å². The summed E-state index contributed by atoms with van der Waals surface area (Å²) in [6.45, 7) is 9.19. The lowest BCUT2D eigenvalue weighted by molar-refractivity contribution is 0.138. The Labute approximate surface area is 88.6 Å². The second-order valence-electron chi connectivity index (χ2n) is 6.04. The molecule has 3 unspecified atom stereocenters. The van der Waals surface area contributed by atoms with Crippen LogP contribution in [0.1, 0.15) is 53.4 Å². The lowest BCUT2D eigenvalue weighted by Gasteiger charge is -2.40. The van der Waals surface area contributed by atoms with Crippen molar-refractivity contribution in [2.24, 2.45) is 23.1 Å². The first-order valence-electron chi connectivity index (χ1n) is 5.91.